The van der Waals surface area contributed by atoms with E-state index < -0.39 is 11.7 Å². The molecule has 0 amide bonds. The second-order valence-corrected chi connectivity index (χ2v) is 4.98. The maximum Gasteiger partial charge on any atom is 0.416 e. The molecule has 6 heteroatoms. The molecule has 2 rings (SSSR count). The molecule has 0 spiro atoms. The Morgan fingerprint density at radius 1 is 1.32 bits per heavy atom. The maximum absolute atomic E-state index is 13.1. The quantitative estimate of drug-likeness (QED) is 0.883. The van der Waals surface area contributed by atoms with E-state index in [2.05, 4.69) is 5.32 Å². The van der Waals surface area contributed by atoms with Gasteiger partial charge < -0.3 is 10.1 Å². The Hall–Kier alpha value is -0.940. The van der Waals surface area contributed by atoms with E-state index in [0.29, 0.717) is 6.42 Å². The smallest absolute Gasteiger partial charge is 0.416 e. The van der Waals surface area contributed by atoms with Gasteiger partial charge in [0.15, 0.2) is 0 Å². The molecule has 0 aromatic heterocycles. The van der Waals surface area contributed by atoms with Crippen molar-refractivity contribution in [2.75, 3.05) is 13.7 Å². The highest BCUT2D eigenvalue weighted by atomic mass is 35.5. The van der Waals surface area contributed by atoms with Crippen molar-refractivity contribution in [1.82, 2.24) is 5.32 Å². The summed E-state index contributed by atoms with van der Waals surface area (Å²) >= 11 is 5.95. The molecular weight excluding hydrogens is 279 g/mol. The van der Waals surface area contributed by atoms with E-state index >= 15 is 0 Å². The van der Waals surface area contributed by atoms with Gasteiger partial charge in [-0.05, 0) is 37.1 Å². The van der Waals surface area contributed by atoms with Crippen LogP contribution in [-0.4, -0.2) is 13.7 Å². The molecule has 106 valence electrons. The minimum absolute atomic E-state index is 0.0496. The molecular formula is C13H15ClF3NO. The fourth-order valence-electron chi connectivity index (χ4n) is 2.38. The highest BCUT2D eigenvalue weighted by Gasteiger charge is 2.36. The lowest BCUT2D eigenvalue weighted by Crippen LogP contribution is -2.28. The van der Waals surface area contributed by atoms with Gasteiger partial charge in [-0.1, -0.05) is 18.0 Å². The van der Waals surface area contributed by atoms with Crippen LogP contribution in [0.3, 0.4) is 0 Å². The lowest BCUT2D eigenvalue weighted by molar-refractivity contribution is -0.138. The van der Waals surface area contributed by atoms with Crippen LogP contribution in [0.1, 0.15) is 36.4 Å². The minimum atomic E-state index is -4.41. The van der Waals surface area contributed by atoms with Crippen LogP contribution in [0.15, 0.2) is 12.1 Å². The first kappa shape index (κ1) is 14.5. The Kier molecular flexibility index (Phi) is 4.26. The van der Waals surface area contributed by atoms with Gasteiger partial charge in [0.05, 0.1) is 17.7 Å². The van der Waals surface area contributed by atoms with Crippen molar-refractivity contribution in [3.8, 4) is 5.75 Å². The summed E-state index contributed by atoms with van der Waals surface area (Å²) in [5.41, 5.74) is -0.467. The Morgan fingerprint density at radius 3 is 2.58 bits per heavy atom. The van der Waals surface area contributed by atoms with Gasteiger partial charge in [0.25, 0.3) is 0 Å². The second kappa shape index (κ2) is 5.59. The SMILES string of the molecule is COc1cc(C(F)(F)F)c(C2CCCCN2)cc1Cl. The van der Waals surface area contributed by atoms with Crippen molar-refractivity contribution in [2.24, 2.45) is 0 Å². The van der Waals surface area contributed by atoms with Gasteiger partial charge in [0.1, 0.15) is 5.75 Å². The average molecular weight is 294 g/mol. The number of alkyl halides is 3. The fraction of sp³-hybridized carbons (Fsp3) is 0.538. The van der Waals surface area contributed by atoms with Crippen molar-refractivity contribution in [3.63, 3.8) is 0 Å². The van der Waals surface area contributed by atoms with Crippen LogP contribution in [-0.2, 0) is 6.18 Å². The molecule has 1 aromatic carbocycles. The van der Waals surface area contributed by atoms with Gasteiger partial charge in [-0.25, -0.2) is 0 Å². The number of hydrogen-bond acceptors (Lipinski definition) is 2. The summed E-state index contributed by atoms with van der Waals surface area (Å²) in [5.74, 6) is 0.0496. The third-order valence-electron chi connectivity index (χ3n) is 3.32. The van der Waals surface area contributed by atoms with Crippen molar-refractivity contribution in [3.05, 3.63) is 28.3 Å². The van der Waals surface area contributed by atoms with Crippen LogP contribution < -0.4 is 10.1 Å². The Morgan fingerprint density at radius 2 is 2.05 bits per heavy atom. The lowest BCUT2D eigenvalue weighted by Gasteiger charge is -2.27. The molecule has 1 unspecified atom stereocenters. The topological polar surface area (TPSA) is 21.3 Å². The highest BCUT2D eigenvalue weighted by molar-refractivity contribution is 6.32. The van der Waals surface area contributed by atoms with Gasteiger partial charge in [-0.2, -0.15) is 13.2 Å². The summed E-state index contributed by atoms with van der Waals surface area (Å²) in [4.78, 5) is 0. The molecule has 1 aromatic rings. The first-order valence-electron chi connectivity index (χ1n) is 6.11. The molecule has 1 fully saturated rings. The standard InChI is InChI=1S/C13H15ClF3NO/c1-19-12-7-9(13(15,16)17)8(6-10(12)14)11-4-2-3-5-18-11/h6-7,11,18H,2-5H2,1H3. The van der Waals surface area contributed by atoms with Crippen LogP contribution in [0.5, 0.6) is 5.75 Å². The van der Waals surface area contributed by atoms with Gasteiger partial charge in [-0.15, -0.1) is 0 Å². The van der Waals surface area contributed by atoms with Gasteiger partial charge >= 0.3 is 6.18 Å². The zero-order chi connectivity index (χ0) is 14.0. The van der Waals surface area contributed by atoms with Crippen LogP contribution in [0, 0.1) is 0 Å². The summed E-state index contributed by atoms with van der Waals surface area (Å²) < 4.78 is 44.2. The summed E-state index contributed by atoms with van der Waals surface area (Å²) in [7, 11) is 1.31. The molecule has 1 atom stereocenters. The third-order valence-corrected chi connectivity index (χ3v) is 3.61. The number of methoxy groups -OCH3 is 1. The van der Waals surface area contributed by atoms with Crippen molar-refractivity contribution in [2.45, 2.75) is 31.5 Å². The van der Waals surface area contributed by atoms with E-state index in [1.54, 1.807) is 0 Å². The first-order valence-corrected chi connectivity index (χ1v) is 6.49. The molecule has 1 heterocycles. The summed E-state index contributed by atoms with van der Waals surface area (Å²) in [6.45, 7) is 0.728. The van der Waals surface area contributed by atoms with E-state index in [9.17, 15) is 13.2 Å². The Labute approximate surface area is 114 Å². The molecule has 0 aliphatic carbocycles. The monoisotopic (exact) mass is 293 g/mol. The van der Waals surface area contributed by atoms with Crippen molar-refractivity contribution < 1.29 is 17.9 Å². The third kappa shape index (κ3) is 3.15. The molecule has 0 saturated carbocycles. The zero-order valence-corrected chi connectivity index (χ0v) is 11.2. The molecule has 0 radical (unpaired) electrons. The first-order chi connectivity index (χ1) is 8.93. The average Bonchev–Trinajstić information content (AvgIpc) is 2.38. The number of ether oxygens (including phenoxy) is 1. The van der Waals surface area contributed by atoms with E-state index in [1.165, 1.54) is 13.2 Å². The number of nitrogens with one attached hydrogen (secondary N) is 1. The summed E-state index contributed by atoms with van der Waals surface area (Å²) in [6.07, 6.45) is -1.82. The molecule has 2 nitrogen and oxygen atoms in total. The number of benzene rings is 1. The Balaban J connectivity index is 2.48. The Bertz CT molecular complexity index is 456. The fourth-order valence-corrected chi connectivity index (χ4v) is 2.63. The van der Waals surface area contributed by atoms with E-state index in [1.807, 2.05) is 0 Å². The van der Waals surface area contributed by atoms with Crippen LogP contribution in [0.2, 0.25) is 5.02 Å². The van der Waals surface area contributed by atoms with Gasteiger partial charge in [0.2, 0.25) is 0 Å². The largest absolute Gasteiger partial charge is 0.495 e. The molecule has 1 aliphatic heterocycles. The number of halogens is 4. The maximum atomic E-state index is 13.1. The molecule has 1 saturated heterocycles. The lowest BCUT2D eigenvalue weighted by atomic mass is 9.93. The van der Waals surface area contributed by atoms with Crippen molar-refractivity contribution in [1.29, 1.82) is 0 Å². The summed E-state index contributed by atoms with van der Waals surface area (Å²) in [5, 5.41) is 3.32. The van der Waals surface area contributed by atoms with E-state index in [-0.39, 0.29) is 22.4 Å². The number of piperidine rings is 1. The highest BCUT2D eigenvalue weighted by Crippen LogP contribution is 2.41. The normalized spacial score (nSPS) is 20.4. The van der Waals surface area contributed by atoms with Gasteiger partial charge in [0, 0.05) is 6.04 Å². The predicted molar refractivity (Wildman–Crippen MR) is 67.6 cm³/mol. The molecule has 0 bridgehead atoms. The summed E-state index contributed by atoms with van der Waals surface area (Å²) in [6, 6.07) is 2.05. The van der Waals surface area contributed by atoms with E-state index in [0.717, 1.165) is 25.5 Å². The van der Waals surface area contributed by atoms with Crippen LogP contribution in [0.25, 0.3) is 0 Å². The minimum Gasteiger partial charge on any atom is -0.495 e. The molecule has 19 heavy (non-hydrogen) atoms. The van der Waals surface area contributed by atoms with Crippen molar-refractivity contribution >= 4 is 11.6 Å². The molecule has 1 N–H and O–H groups in total. The second-order valence-electron chi connectivity index (χ2n) is 4.57. The number of hydrogen-bond donors (Lipinski definition) is 1. The molecule has 1 aliphatic rings. The van der Waals surface area contributed by atoms with E-state index in [4.69, 9.17) is 16.3 Å². The van der Waals surface area contributed by atoms with Crippen LogP contribution >= 0.6 is 11.6 Å². The zero-order valence-electron chi connectivity index (χ0n) is 10.5. The predicted octanol–water partition coefficient (Wildman–Crippen LogP) is 4.18. The van der Waals surface area contributed by atoms with Crippen LogP contribution in [0.4, 0.5) is 13.2 Å². The van der Waals surface area contributed by atoms with Gasteiger partial charge in [-0.3, -0.25) is 0 Å². The number of rotatable bonds is 2.